The van der Waals surface area contributed by atoms with Crippen LogP contribution in [0, 0.1) is 0 Å². The van der Waals surface area contributed by atoms with Crippen LogP contribution in [-0.2, 0) is 19.4 Å². The number of aromatic nitrogens is 2. The highest BCUT2D eigenvalue weighted by molar-refractivity contribution is 6.06. The number of alkyl halides is 2. The molecule has 0 atom stereocenters. The molecule has 1 N–H and O–H groups in total. The van der Waals surface area contributed by atoms with Crippen molar-refractivity contribution < 1.29 is 18.3 Å². The quantitative estimate of drug-likeness (QED) is 0.448. The molecule has 0 aliphatic carbocycles. The Labute approximate surface area is 193 Å². The summed E-state index contributed by atoms with van der Waals surface area (Å²) in [5.41, 5.74) is 2.62. The Morgan fingerprint density at radius 2 is 1.91 bits per heavy atom. The van der Waals surface area contributed by atoms with Crippen molar-refractivity contribution in [2.24, 2.45) is 0 Å². The van der Waals surface area contributed by atoms with Gasteiger partial charge in [0, 0.05) is 36.2 Å². The van der Waals surface area contributed by atoms with Crippen LogP contribution in [0.5, 0.6) is 5.75 Å². The summed E-state index contributed by atoms with van der Waals surface area (Å²) >= 11 is 0. The number of amides is 1. The Balaban J connectivity index is 1.42. The zero-order valence-corrected chi connectivity index (χ0v) is 18.1. The van der Waals surface area contributed by atoms with Crippen LogP contribution in [0.3, 0.4) is 0 Å². The number of benzene rings is 3. The van der Waals surface area contributed by atoms with E-state index >= 15 is 0 Å². The molecule has 0 bridgehead atoms. The molecule has 34 heavy (non-hydrogen) atoms. The van der Waals surface area contributed by atoms with Crippen molar-refractivity contribution in [1.29, 1.82) is 0 Å². The van der Waals surface area contributed by atoms with Crippen molar-refractivity contribution in [2.45, 2.75) is 32.4 Å². The standard InChI is InChI=1S/C26H21F2N3O3/c27-26(28)34-22-11-9-19(14-18(22)13-16-5-2-1-3-6-16)29-24(32)17-8-10-20-21(15-17)30-23-7-4-12-31(23)25(20)33/h1-3,5-6,8-11,14-15,26H,4,7,12-13H2,(H,29,32). The second kappa shape index (κ2) is 9.05. The van der Waals surface area contributed by atoms with Gasteiger partial charge in [0.1, 0.15) is 11.6 Å². The number of fused-ring (bicyclic) bond motifs is 2. The summed E-state index contributed by atoms with van der Waals surface area (Å²) < 4.78 is 32.1. The van der Waals surface area contributed by atoms with Crippen LogP contribution < -0.4 is 15.6 Å². The molecule has 1 aliphatic rings. The maximum Gasteiger partial charge on any atom is 0.387 e. The third kappa shape index (κ3) is 4.39. The van der Waals surface area contributed by atoms with Crippen LogP contribution in [0.25, 0.3) is 10.9 Å². The largest absolute Gasteiger partial charge is 0.435 e. The van der Waals surface area contributed by atoms with Crippen molar-refractivity contribution in [3.8, 4) is 5.75 Å². The van der Waals surface area contributed by atoms with E-state index < -0.39 is 12.5 Å². The molecule has 2 heterocycles. The van der Waals surface area contributed by atoms with Gasteiger partial charge in [0.25, 0.3) is 11.5 Å². The van der Waals surface area contributed by atoms with Gasteiger partial charge >= 0.3 is 6.61 Å². The minimum Gasteiger partial charge on any atom is -0.435 e. The van der Waals surface area contributed by atoms with Crippen molar-refractivity contribution >= 4 is 22.5 Å². The van der Waals surface area contributed by atoms with Crippen molar-refractivity contribution in [3.05, 3.63) is 99.6 Å². The molecular formula is C26H21F2N3O3. The van der Waals surface area contributed by atoms with Crippen LogP contribution in [-0.4, -0.2) is 22.1 Å². The second-order valence-electron chi connectivity index (χ2n) is 8.14. The predicted octanol–water partition coefficient (Wildman–Crippen LogP) is 4.79. The van der Waals surface area contributed by atoms with Gasteiger partial charge in [-0.2, -0.15) is 8.78 Å². The zero-order valence-electron chi connectivity index (χ0n) is 18.1. The van der Waals surface area contributed by atoms with Gasteiger partial charge in [-0.25, -0.2) is 4.98 Å². The predicted molar refractivity (Wildman–Crippen MR) is 125 cm³/mol. The third-order valence-electron chi connectivity index (χ3n) is 5.85. The Kier molecular flexibility index (Phi) is 5.79. The molecule has 3 aromatic carbocycles. The molecule has 0 spiro atoms. The van der Waals surface area contributed by atoms with Crippen molar-refractivity contribution in [3.63, 3.8) is 0 Å². The molecular weight excluding hydrogens is 440 g/mol. The summed E-state index contributed by atoms with van der Waals surface area (Å²) in [6, 6.07) is 18.7. The van der Waals surface area contributed by atoms with E-state index in [2.05, 4.69) is 15.0 Å². The Bertz CT molecular complexity index is 1430. The van der Waals surface area contributed by atoms with E-state index in [0.29, 0.717) is 40.7 Å². The van der Waals surface area contributed by atoms with E-state index in [1.165, 1.54) is 12.1 Å². The molecule has 8 heteroatoms. The SMILES string of the molecule is O=C(Nc1ccc(OC(F)F)c(Cc2ccccc2)c1)c1ccc2c(=O)n3c(nc2c1)CCC3. The number of aryl methyl sites for hydroxylation is 1. The lowest BCUT2D eigenvalue weighted by Gasteiger charge is -2.14. The van der Waals surface area contributed by atoms with E-state index in [9.17, 15) is 18.4 Å². The molecule has 6 nitrogen and oxygen atoms in total. The Morgan fingerprint density at radius 3 is 2.71 bits per heavy atom. The number of nitrogens with one attached hydrogen (secondary N) is 1. The van der Waals surface area contributed by atoms with E-state index in [4.69, 9.17) is 0 Å². The molecule has 1 aromatic heterocycles. The Morgan fingerprint density at radius 1 is 1.09 bits per heavy atom. The van der Waals surface area contributed by atoms with Crippen LogP contribution in [0.1, 0.15) is 33.7 Å². The number of carbonyl (C=O) groups is 1. The van der Waals surface area contributed by atoms with Crippen LogP contribution >= 0.6 is 0 Å². The van der Waals surface area contributed by atoms with Gasteiger partial charge in [-0.1, -0.05) is 30.3 Å². The number of anilines is 1. The fraction of sp³-hybridized carbons (Fsp3) is 0.192. The van der Waals surface area contributed by atoms with Gasteiger partial charge in [0.15, 0.2) is 0 Å². The fourth-order valence-corrected chi connectivity index (χ4v) is 4.25. The van der Waals surface area contributed by atoms with Crippen LogP contribution in [0.15, 0.2) is 71.5 Å². The minimum atomic E-state index is -2.95. The first-order valence-corrected chi connectivity index (χ1v) is 10.9. The molecule has 0 saturated carbocycles. The molecule has 1 amide bonds. The summed E-state index contributed by atoms with van der Waals surface area (Å²) in [7, 11) is 0. The second-order valence-corrected chi connectivity index (χ2v) is 8.14. The van der Waals surface area contributed by atoms with Gasteiger partial charge in [0.2, 0.25) is 0 Å². The molecule has 0 unspecified atom stereocenters. The Hall–Kier alpha value is -4.07. The summed E-state index contributed by atoms with van der Waals surface area (Å²) in [5.74, 6) is 0.397. The first kappa shape index (κ1) is 21.8. The van der Waals surface area contributed by atoms with E-state index in [-0.39, 0.29) is 11.3 Å². The van der Waals surface area contributed by atoms with Crippen LogP contribution in [0.4, 0.5) is 14.5 Å². The summed E-state index contributed by atoms with van der Waals surface area (Å²) in [4.78, 5) is 30.1. The highest BCUT2D eigenvalue weighted by Gasteiger charge is 2.18. The van der Waals surface area contributed by atoms with Crippen LogP contribution in [0.2, 0.25) is 0 Å². The highest BCUT2D eigenvalue weighted by atomic mass is 19.3. The lowest BCUT2D eigenvalue weighted by Crippen LogP contribution is -2.21. The number of halogens is 2. The van der Waals surface area contributed by atoms with Gasteiger partial charge in [-0.15, -0.1) is 0 Å². The van der Waals surface area contributed by atoms with Gasteiger partial charge in [0.05, 0.1) is 10.9 Å². The minimum absolute atomic E-state index is 0.0566. The number of carbonyl (C=O) groups excluding carboxylic acids is 1. The normalized spacial score (nSPS) is 12.7. The van der Waals surface area contributed by atoms with Gasteiger partial charge in [-0.05, 0) is 48.4 Å². The number of hydrogen-bond acceptors (Lipinski definition) is 4. The number of hydrogen-bond donors (Lipinski definition) is 1. The fourth-order valence-electron chi connectivity index (χ4n) is 4.25. The molecule has 4 aromatic rings. The third-order valence-corrected chi connectivity index (χ3v) is 5.85. The maximum absolute atomic E-state index is 12.9. The smallest absolute Gasteiger partial charge is 0.387 e. The maximum atomic E-state index is 12.9. The number of rotatable bonds is 6. The first-order valence-electron chi connectivity index (χ1n) is 10.9. The summed E-state index contributed by atoms with van der Waals surface area (Å²) in [6.07, 6.45) is 1.98. The molecule has 0 radical (unpaired) electrons. The molecule has 0 fully saturated rings. The highest BCUT2D eigenvalue weighted by Crippen LogP contribution is 2.27. The summed E-state index contributed by atoms with van der Waals surface area (Å²) in [6.45, 7) is -2.29. The van der Waals surface area contributed by atoms with Crippen molar-refractivity contribution in [2.75, 3.05) is 5.32 Å². The lowest BCUT2D eigenvalue weighted by molar-refractivity contribution is -0.0503. The lowest BCUT2D eigenvalue weighted by atomic mass is 10.0. The van der Waals surface area contributed by atoms with E-state index in [1.54, 1.807) is 28.8 Å². The van der Waals surface area contributed by atoms with E-state index in [1.807, 2.05) is 30.3 Å². The zero-order chi connectivity index (χ0) is 23.7. The molecule has 0 saturated heterocycles. The monoisotopic (exact) mass is 461 g/mol. The van der Waals surface area contributed by atoms with Crippen molar-refractivity contribution in [1.82, 2.24) is 9.55 Å². The van der Waals surface area contributed by atoms with E-state index in [0.717, 1.165) is 24.2 Å². The molecule has 172 valence electrons. The van der Waals surface area contributed by atoms with Gasteiger partial charge in [-0.3, -0.25) is 14.2 Å². The average Bonchev–Trinajstić information content (AvgIpc) is 3.30. The topological polar surface area (TPSA) is 73.2 Å². The number of ether oxygens (including phenoxy) is 1. The van der Waals surface area contributed by atoms with Gasteiger partial charge < -0.3 is 10.1 Å². The molecule has 1 aliphatic heterocycles. The summed E-state index contributed by atoms with van der Waals surface area (Å²) in [5, 5.41) is 3.28. The molecule has 5 rings (SSSR count). The number of nitrogens with zero attached hydrogens (tertiary/aromatic N) is 2. The first-order chi connectivity index (χ1) is 16.5. The average molecular weight is 461 g/mol.